The molecule has 2 unspecified atom stereocenters. The molecule has 4 nitrogen and oxygen atoms in total. The van der Waals surface area contributed by atoms with Crippen molar-refractivity contribution in [2.75, 3.05) is 26.2 Å². The fraction of sp³-hybridized carbons (Fsp3) is 0.923. The molecule has 2 aliphatic rings. The molecule has 0 aromatic heterocycles. The van der Waals surface area contributed by atoms with E-state index < -0.39 is 0 Å². The number of esters is 1. The van der Waals surface area contributed by atoms with Crippen LogP contribution in [0, 0.1) is 11.8 Å². The summed E-state index contributed by atoms with van der Waals surface area (Å²) >= 11 is 0. The molecule has 0 spiro atoms. The molecule has 98 valence electrons. The maximum Gasteiger partial charge on any atom is 0.310 e. The zero-order chi connectivity index (χ0) is 12.1. The van der Waals surface area contributed by atoms with Gasteiger partial charge in [-0.2, -0.15) is 0 Å². The Balaban J connectivity index is 1.97. The lowest BCUT2D eigenvalue weighted by molar-refractivity contribution is -0.150. The van der Waals surface area contributed by atoms with Gasteiger partial charge >= 0.3 is 5.97 Å². The first-order chi connectivity index (χ1) is 8.33. The Kier molecular flexibility index (Phi) is 4.80. The van der Waals surface area contributed by atoms with Gasteiger partial charge in [-0.1, -0.05) is 0 Å². The quantitative estimate of drug-likeness (QED) is 0.720. The van der Waals surface area contributed by atoms with Crippen LogP contribution in [0.25, 0.3) is 0 Å². The number of carbonyl (C=O) groups excluding carboxylic acids is 1. The maximum atomic E-state index is 12.0. The molecule has 0 amide bonds. The first-order valence-corrected chi connectivity index (χ1v) is 6.93. The second kappa shape index (κ2) is 6.36. The zero-order valence-electron chi connectivity index (χ0n) is 10.7. The van der Waals surface area contributed by atoms with Crippen molar-refractivity contribution >= 4 is 5.97 Å². The fourth-order valence-electron chi connectivity index (χ4n) is 3.12. The van der Waals surface area contributed by atoms with E-state index in [1.165, 1.54) is 12.8 Å². The number of piperidine rings is 2. The van der Waals surface area contributed by atoms with Crippen LogP contribution in [0.15, 0.2) is 0 Å². The van der Waals surface area contributed by atoms with Crippen molar-refractivity contribution in [1.29, 1.82) is 0 Å². The van der Waals surface area contributed by atoms with E-state index >= 15 is 0 Å². The summed E-state index contributed by atoms with van der Waals surface area (Å²) in [7, 11) is 0. The maximum absolute atomic E-state index is 12.0. The Morgan fingerprint density at radius 3 is 2.71 bits per heavy atom. The number of carbonyl (C=O) groups is 1. The molecule has 2 aliphatic heterocycles. The van der Waals surface area contributed by atoms with E-state index in [0.717, 1.165) is 32.5 Å². The van der Waals surface area contributed by atoms with E-state index in [1.54, 1.807) is 0 Å². The first kappa shape index (κ1) is 12.8. The lowest BCUT2D eigenvalue weighted by Gasteiger charge is -2.38. The van der Waals surface area contributed by atoms with E-state index in [4.69, 9.17) is 4.74 Å². The van der Waals surface area contributed by atoms with E-state index in [2.05, 4.69) is 10.6 Å². The number of hydrogen-bond donors (Lipinski definition) is 2. The molecule has 0 radical (unpaired) electrons. The third kappa shape index (κ3) is 3.19. The Labute approximate surface area is 103 Å². The van der Waals surface area contributed by atoms with Crippen LogP contribution in [-0.2, 0) is 9.53 Å². The summed E-state index contributed by atoms with van der Waals surface area (Å²) < 4.78 is 5.21. The van der Waals surface area contributed by atoms with E-state index in [0.29, 0.717) is 18.6 Å². The molecule has 0 saturated carbocycles. The summed E-state index contributed by atoms with van der Waals surface area (Å²) in [6, 6.07) is 0.338. The summed E-state index contributed by atoms with van der Waals surface area (Å²) in [4.78, 5) is 12.0. The van der Waals surface area contributed by atoms with Gasteiger partial charge in [-0.25, -0.2) is 0 Å². The monoisotopic (exact) mass is 240 g/mol. The molecule has 2 N–H and O–H groups in total. The standard InChI is InChI=1S/C13H24N2O2/c1-2-17-13(16)11-4-3-7-15-12(11)10-5-8-14-9-6-10/h10-12,14-15H,2-9H2,1H3. The van der Waals surface area contributed by atoms with Crippen molar-refractivity contribution < 1.29 is 9.53 Å². The number of hydrogen-bond acceptors (Lipinski definition) is 4. The average Bonchev–Trinajstić information content (AvgIpc) is 2.40. The van der Waals surface area contributed by atoms with Gasteiger partial charge in [-0.05, 0) is 58.2 Å². The molecule has 0 aromatic carbocycles. The number of ether oxygens (including phenoxy) is 1. The van der Waals surface area contributed by atoms with Crippen LogP contribution in [0.2, 0.25) is 0 Å². The van der Waals surface area contributed by atoms with E-state index in [1.807, 2.05) is 6.92 Å². The van der Waals surface area contributed by atoms with Gasteiger partial charge < -0.3 is 15.4 Å². The highest BCUT2D eigenvalue weighted by molar-refractivity contribution is 5.73. The van der Waals surface area contributed by atoms with Crippen LogP contribution in [0.5, 0.6) is 0 Å². The van der Waals surface area contributed by atoms with Gasteiger partial charge in [0.2, 0.25) is 0 Å². The molecule has 2 atom stereocenters. The minimum Gasteiger partial charge on any atom is -0.466 e. The molecule has 2 heterocycles. The Morgan fingerprint density at radius 2 is 2.00 bits per heavy atom. The van der Waals surface area contributed by atoms with Gasteiger partial charge in [0, 0.05) is 6.04 Å². The number of rotatable bonds is 3. The summed E-state index contributed by atoms with van der Waals surface area (Å²) in [5, 5.41) is 6.93. The predicted octanol–water partition coefficient (Wildman–Crippen LogP) is 0.917. The predicted molar refractivity (Wildman–Crippen MR) is 66.7 cm³/mol. The molecule has 2 rings (SSSR count). The SMILES string of the molecule is CCOC(=O)C1CCCNC1C1CCNCC1. The molecule has 2 fully saturated rings. The van der Waals surface area contributed by atoms with Crippen LogP contribution >= 0.6 is 0 Å². The van der Waals surface area contributed by atoms with Gasteiger partial charge in [-0.3, -0.25) is 4.79 Å². The summed E-state index contributed by atoms with van der Waals surface area (Å²) in [6.45, 7) is 5.59. The van der Waals surface area contributed by atoms with Crippen molar-refractivity contribution in [2.24, 2.45) is 11.8 Å². The topological polar surface area (TPSA) is 50.4 Å². The normalized spacial score (nSPS) is 31.1. The van der Waals surface area contributed by atoms with Crippen molar-refractivity contribution in [1.82, 2.24) is 10.6 Å². The van der Waals surface area contributed by atoms with Crippen LogP contribution < -0.4 is 10.6 Å². The lowest BCUT2D eigenvalue weighted by Crippen LogP contribution is -2.51. The minimum atomic E-state index is 0.00299. The van der Waals surface area contributed by atoms with Crippen molar-refractivity contribution in [3.05, 3.63) is 0 Å². The Hall–Kier alpha value is -0.610. The minimum absolute atomic E-state index is 0.00299. The van der Waals surface area contributed by atoms with Crippen LogP contribution in [-0.4, -0.2) is 38.3 Å². The fourth-order valence-corrected chi connectivity index (χ4v) is 3.12. The largest absolute Gasteiger partial charge is 0.466 e. The molecule has 17 heavy (non-hydrogen) atoms. The Bertz CT molecular complexity index is 252. The summed E-state index contributed by atoms with van der Waals surface area (Å²) in [5.41, 5.74) is 0. The highest BCUT2D eigenvalue weighted by Crippen LogP contribution is 2.28. The van der Waals surface area contributed by atoms with Crippen LogP contribution in [0.4, 0.5) is 0 Å². The second-order valence-corrected chi connectivity index (χ2v) is 5.07. The molecule has 4 heteroatoms. The highest BCUT2D eigenvalue weighted by Gasteiger charge is 2.37. The van der Waals surface area contributed by atoms with Gasteiger partial charge in [0.05, 0.1) is 12.5 Å². The molecule has 0 aromatic rings. The third-order valence-electron chi connectivity index (χ3n) is 3.99. The van der Waals surface area contributed by atoms with Gasteiger partial charge in [0.25, 0.3) is 0 Å². The van der Waals surface area contributed by atoms with Gasteiger partial charge in [-0.15, -0.1) is 0 Å². The van der Waals surface area contributed by atoms with Crippen molar-refractivity contribution in [3.63, 3.8) is 0 Å². The zero-order valence-corrected chi connectivity index (χ0v) is 10.7. The number of nitrogens with one attached hydrogen (secondary N) is 2. The van der Waals surface area contributed by atoms with Crippen molar-refractivity contribution in [3.8, 4) is 0 Å². The second-order valence-electron chi connectivity index (χ2n) is 5.07. The van der Waals surface area contributed by atoms with Crippen LogP contribution in [0.1, 0.15) is 32.6 Å². The summed E-state index contributed by atoms with van der Waals surface area (Å²) in [5.74, 6) is 0.709. The molecule has 0 aliphatic carbocycles. The van der Waals surface area contributed by atoms with Crippen LogP contribution in [0.3, 0.4) is 0 Å². The van der Waals surface area contributed by atoms with Crippen molar-refractivity contribution in [2.45, 2.75) is 38.6 Å². The third-order valence-corrected chi connectivity index (χ3v) is 3.99. The smallest absolute Gasteiger partial charge is 0.310 e. The highest BCUT2D eigenvalue weighted by atomic mass is 16.5. The van der Waals surface area contributed by atoms with Gasteiger partial charge in [0.15, 0.2) is 0 Å². The molecule has 2 saturated heterocycles. The lowest BCUT2D eigenvalue weighted by atomic mass is 9.78. The molecule has 0 bridgehead atoms. The molecular weight excluding hydrogens is 216 g/mol. The van der Waals surface area contributed by atoms with Gasteiger partial charge in [0.1, 0.15) is 0 Å². The van der Waals surface area contributed by atoms with E-state index in [-0.39, 0.29) is 11.9 Å². The van der Waals surface area contributed by atoms with E-state index in [9.17, 15) is 4.79 Å². The summed E-state index contributed by atoms with van der Waals surface area (Å²) in [6.07, 6.45) is 4.42. The Morgan fingerprint density at radius 1 is 1.24 bits per heavy atom. The average molecular weight is 240 g/mol. The molecular formula is C13H24N2O2. The first-order valence-electron chi connectivity index (χ1n) is 6.93.